The molecule has 1 heterocycles. The largest absolute Gasteiger partial charge is 0.496 e. The molecule has 5 nitrogen and oxygen atoms in total. The molecule has 0 saturated carbocycles. The predicted molar refractivity (Wildman–Crippen MR) is 95.4 cm³/mol. The van der Waals surface area contributed by atoms with Gasteiger partial charge in [0.15, 0.2) is 0 Å². The normalized spacial score (nSPS) is 14.3. The van der Waals surface area contributed by atoms with Crippen LogP contribution in [0, 0.1) is 5.82 Å². The molecule has 2 aromatic rings. The number of morpholine rings is 1. The summed E-state index contributed by atoms with van der Waals surface area (Å²) in [6.07, 6.45) is 0. The Morgan fingerprint density at radius 1 is 1.24 bits per heavy atom. The zero-order chi connectivity index (χ0) is 17.8. The highest BCUT2D eigenvalue weighted by Gasteiger charge is 2.19. The van der Waals surface area contributed by atoms with Crippen LogP contribution in [0.5, 0.6) is 5.75 Å². The van der Waals surface area contributed by atoms with Crippen LogP contribution in [0.1, 0.15) is 10.4 Å². The second-order valence-electron chi connectivity index (χ2n) is 5.56. The highest BCUT2D eigenvalue weighted by Crippen LogP contribution is 2.31. The maximum Gasteiger partial charge on any atom is 0.259 e. The first kappa shape index (κ1) is 17.5. The average Bonchev–Trinajstić information content (AvgIpc) is 2.62. The van der Waals surface area contributed by atoms with Crippen LogP contribution in [0.15, 0.2) is 36.4 Å². The van der Waals surface area contributed by atoms with Crippen LogP contribution < -0.4 is 15.0 Å². The first-order valence-electron chi connectivity index (χ1n) is 7.85. The maximum atomic E-state index is 13.5. The summed E-state index contributed by atoms with van der Waals surface area (Å²) < 4.78 is 24.1. The summed E-state index contributed by atoms with van der Waals surface area (Å²) in [5.74, 6) is -0.674. The van der Waals surface area contributed by atoms with Crippen molar-refractivity contribution < 1.29 is 18.7 Å². The van der Waals surface area contributed by atoms with Crippen LogP contribution in [-0.4, -0.2) is 39.3 Å². The van der Waals surface area contributed by atoms with Gasteiger partial charge in [-0.1, -0.05) is 11.6 Å². The second kappa shape index (κ2) is 7.72. The Bertz CT molecular complexity index is 779. The lowest BCUT2D eigenvalue weighted by molar-refractivity contribution is 0.102. The van der Waals surface area contributed by atoms with E-state index in [0.717, 1.165) is 11.8 Å². The minimum Gasteiger partial charge on any atom is -0.496 e. The van der Waals surface area contributed by atoms with Gasteiger partial charge in [-0.25, -0.2) is 4.39 Å². The average molecular weight is 365 g/mol. The zero-order valence-electron chi connectivity index (χ0n) is 13.7. The molecule has 1 aliphatic heterocycles. The standard InChI is InChI=1S/C18H18ClFN2O3/c1-24-17-5-3-13(20)11-14(17)18(23)21-15-10-12(19)2-4-16(15)22-6-8-25-9-7-22/h2-5,10-11H,6-9H2,1H3,(H,21,23). The number of nitrogens with one attached hydrogen (secondary N) is 1. The molecule has 7 heteroatoms. The summed E-state index contributed by atoms with van der Waals surface area (Å²) in [5, 5.41) is 3.31. The lowest BCUT2D eigenvalue weighted by atomic mass is 10.1. The Hall–Kier alpha value is -2.31. The van der Waals surface area contributed by atoms with Gasteiger partial charge in [-0.05, 0) is 36.4 Å². The Morgan fingerprint density at radius 3 is 2.72 bits per heavy atom. The minimum atomic E-state index is -0.509. The van der Waals surface area contributed by atoms with Crippen molar-refractivity contribution in [3.8, 4) is 5.75 Å². The number of rotatable bonds is 4. The monoisotopic (exact) mass is 364 g/mol. The van der Waals surface area contributed by atoms with E-state index in [2.05, 4.69) is 10.2 Å². The van der Waals surface area contributed by atoms with Crippen LogP contribution in [0.2, 0.25) is 5.02 Å². The van der Waals surface area contributed by atoms with Crippen molar-refractivity contribution >= 4 is 28.9 Å². The van der Waals surface area contributed by atoms with E-state index >= 15 is 0 Å². The lowest BCUT2D eigenvalue weighted by Gasteiger charge is -2.30. The molecule has 2 aromatic carbocycles. The fraction of sp³-hybridized carbons (Fsp3) is 0.278. The molecule has 0 atom stereocenters. The van der Waals surface area contributed by atoms with Crippen molar-refractivity contribution in [2.75, 3.05) is 43.6 Å². The van der Waals surface area contributed by atoms with E-state index in [1.54, 1.807) is 12.1 Å². The van der Waals surface area contributed by atoms with Gasteiger partial charge in [-0.2, -0.15) is 0 Å². The number of anilines is 2. The van der Waals surface area contributed by atoms with E-state index in [0.29, 0.717) is 42.8 Å². The van der Waals surface area contributed by atoms with E-state index in [1.807, 2.05) is 6.07 Å². The molecule has 0 aliphatic carbocycles. The van der Waals surface area contributed by atoms with Crippen LogP contribution in [0.25, 0.3) is 0 Å². The molecule has 25 heavy (non-hydrogen) atoms. The Morgan fingerprint density at radius 2 is 2.00 bits per heavy atom. The van der Waals surface area contributed by atoms with Gasteiger partial charge in [0, 0.05) is 18.1 Å². The Labute approximate surface area is 150 Å². The molecule has 1 amide bonds. The van der Waals surface area contributed by atoms with Crippen LogP contribution >= 0.6 is 11.6 Å². The molecule has 1 fully saturated rings. The number of carbonyl (C=O) groups is 1. The third-order valence-electron chi connectivity index (χ3n) is 3.96. The minimum absolute atomic E-state index is 0.121. The van der Waals surface area contributed by atoms with Gasteiger partial charge < -0.3 is 19.7 Å². The van der Waals surface area contributed by atoms with Gasteiger partial charge in [0.1, 0.15) is 11.6 Å². The van der Waals surface area contributed by atoms with Gasteiger partial charge in [0.2, 0.25) is 0 Å². The molecule has 0 bridgehead atoms. The smallest absolute Gasteiger partial charge is 0.259 e. The van der Waals surface area contributed by atoms with E-state index in [1.165, 1.54) is 19.2 Å². The van der Waals surface area contributed by atoms with Crippen molar-refractivity contribution in [1.29, 1.82) is 0 Å². The van der Waals surface area contributed by atoms with E-state index in [-0.39, 0.29) is 5.56 Å². The fourth-order valence-corrected chi connectivity index (χ4v) is 2.91. The van der Waals surface area contributed by atoms with Gasteiger partial charge in [0.05, 0.1) is 37.3 Å². The molecule has 1 aliphatic rings. The summed E-state index contributed by atoms with van der Waals surface area (Å²) in [6, 6.07) is 9.11. The number of ether oxygens (including phenoxy) is 2. The number of methoxy groups -OCH3 is 1. The highest BCUT2D eigenvalue weighted by atomic mass is 35.5. The fourth-order valence-electron chi connectivity index (χ4n) is 2.74. The highest BCUT2D eigenvalue weighted by molar-refractivity contribution is 6.31. The van der Waals surface area contributed by atoms with Crippen LogP contribution in [-0.2, 0) is 4.74 Å². The number of halogens is 2. The summed E-state index contributed by atoms with van der Waals surface area (Å²) in [4.78, 5) is 14.8. The van der Waals surface area contributed by atoms with E-state index in [9.17, 15) is 9.18 Å². The first-order chi connectivity index (χ1) is 12.1. The molecule has 0 unspecified atom stereocenters. The molecular weight excluding hydrogens is 347 g/mol. The number of nitrogens with zero attached hydrogens (tertiary/aromatic N) is 1. The molecule has 1 N–H and O–H groups in total. The third-order valence-corrected chi connectivity index (χ3v) is 4.20. The maximum absolute atomic E-state index is 13.5. The SMILES string of the molecule is COc1ccc(F)cc1C(=O)Nc1cc(Cl)ccc1N1CCOCC1. The Balaban J connectivity index is 1.90. The van der Waals surface area contributed by atoms with E-state index in [4.69, 9.17) is 21.1 Å². The number of hydrogen-bond acceptors (Lipinski definition) is 4. The summed E-state index contributed by atoms with van der Waals surface area (Å²) in [6.45, 7) is 2.67. The zero-order valence-corrected chi connectivity index (χ0v) is 14.5. The third kappa shape index (κ3) is 4.03. The van der Waals surface area contributed by atoms with Crippen molar-refractivity contribution in [3.63, 3.8) is 0 Å². The Kier molecular flexibility index (Phi) is 5.40. The molecule has 0 spiro atoms. The number of benzene rings is 2. The van der Waals surface area contributed by atoms with Crippen molar-refractivity contribution in [3.05, 3.63) is 52.8 Å². The van der Waals surface area contributed by atoms with Crippen molar-refractivity contribution in [1.82, 2.24) is 0 Å². The summed E-state index contributed by atoms with van der Waals surface area (Å²) in [7, 11) is 1.43. The molecule has 0 aromatic heterocycles. The van der Waals surface area contributed by atoms with Crippen molar-refractivity contribution in [2.45, 2.75) is 0 Å². The summed E-state index contributed by atoms with van der Waals surface area (Å²) >= 11 is 6.09. The van der Waals surface area contributed by atoms with Gasteiger partial charge in [-0.3, -0.25) is 4.79 Å². The molecule has 1 saturated heterocycles. The van der Waals surface area contributed by atoms with Gasteiger partial charge in [-0.15, -0.1) is 0 Å². The molecule has 3 rings (SSSR count). The van der Waals surface area contributed by atoms with Crippen molar-refractivity contribution in [2.24, 2.45) is 0 Å². The van der Waals surface area contributed by atoms with Gasteiger partial charge >= 0.3 is 0 Å². The first-order valence-corrected chi connectivity index (χ1v) is 8.23. The molecular formula is C18H18ClFN2O3. The van der Waals surface area contributed by atoms with E-state index < -0.39 is 11.7 Å². The lowest BCUT2D eigenvalue weighted by Crippen LogP contribution is -2.36. The van der Waals surface area contributed by atoms with Gasteiger partial charge in [0.25, 0.3) is 5.91 Å². The van der Waals surface area contributed by atoms with Crippen LogP contribution in [0.3, 0.4) is 0 Å². The topological polar surface area (TPSA) is 50.8 Å². The quantitative estimate of drug-likeness (QED) is 0.901. The predicted octanol–water partition coefficient (Wildman–Crippen LogP) is 3.58. The number of carbonyl (C=O) groups excluding carboxylic acids is 1. The molecule has 132 valence electrons. The number of hydrogen-bond donors (Lipinski definition) is 1. The number of amides is 1. The summed E-state index contributed by atoms with van der Waals surface area (Å²) in [5.41, 5.74) is 1.53. The second-order valence-corrected chi connectivity index (χ2v) is 6.00. The molecule has 0 radical (unpaired) electrons. The van der Waals surface area contributed by atoms with Crippen LogP contribution in [0.4, 0.5) is 15.8 Å².